The summed E-state index contributed by atoms with van der Waals surface area (Å²) in [6, 6.07) is 0.616. The molecule has 4 unspecified atom stereocenters. The van der Waals surface area contributed by atoms with E-state index in [1.165, 1.54) is 32.6 Å². The molecule has 9 heteroatoms. The summed E-state index contributed by atoms with van der Waals surface area (Å²) in [7, 11) is 0. The summed E-state index contributed by atoms with van der Waals surface area (Å²) in [6.07, 6.45) is 8.53. The third-order valence-corrected chi connectivity index (χ3v) is 16.2. The Morgan fingerprint density at radius 2 is 1.77 bits per heavy atom. The van der Waals surface area contributed by atoms with Gasteiger partial charge < -0.3 is 34.5 Å². The van der Waals surface area contributed by atoms with Crippen molar-refractivity contribution in [2.75, 3.05) is 32.8 Å². The minimum absolute atomic E-state index is 0.0549. The molecule has 48 heavy (non-hydrogen) atoms. The molecule has 0 bridgehead atoms. The lowest BCUT2D eigenvalue weighted by molar-refractivity contribution is -0.251. The lowest BCUT2D eigenvalue weighted by Crippen LogP contribution is -2.62. The average Bonchev–Trinajstić information content (AvgIpc) is 3.61. The number of morpholine rings is 1. The highest BCUT2D eigenvalue weighted by molar-refractivity contribution is 5.66. The van der Waals surface area contributed by atoms with Crippen molar-refractivity contribution in [3.63, 3.8) is 0 Å². The number of fused-ring (bicyclic) bond motifs is 4. The van der Waals surface area contributed by atoms with E-state index in [9.17, 15) is 15.0 Å². The van der Waals surface area contributed by atoms with Crippen molar-refractivity contribution in [3.05, 3.63) is 12.2 Å². The summed E-state index contributed by atoms with van der Waals surface area (Å²) in [4.78, 5) is 14.6. The first-order valence-corrected chi connectivity index (χ1v) is 19.2. The van der Waals surface area contributed by atoms with Crippen molar-refractivity contribution in [1.29, 1.82) is 0 Å². The van der Waals surface area contributed by atoms with Crippen LogP contribution in [0.15, 0.2) is 0 Å². The maximum absolute atomic E-state index is 12.5. The molecule has 3 aliphatic heterocycles. The molecule has 2 spiro atoms. The zero-order chi connectivity index (χ0) is 34.2. The highest BCUT2D eigenvalue weighted by Gasteiger charge is 2.85. The summed E-state index contributed by atoms with van der Waals surface area (Å²) in [5, 5.41) is 27.0. The second-order valence-corrected chi connectivity index (χ2v) is 19.1. The third-order valence-electron chi connectivity index (χ3n) is 16.2. The van der Waals surface area contributed by atoms with Gasteiger partial charge in [0.25, 0.3) is 0 Å². The fraction of sp³-hybridized carbons (Fsp3) is 0.923. The molecule has 8 fully saturated rings. The number of nitrogens with one attached hydrogen (secondary N) is 1. The Balaban J connectivity index is 1.03. The van der Waals surface area contributed by atoms with Gasteiger partial charge in [-0.1, -0.05) is 34.6 Å². The number of carbonyl (C=O) groups excluding carboxylic acids is 1. The highest BCUT2D eigenvalue weighted by Crippen LogP contribution is 2.89. The van der Waals surface area contributed by atoms with E-state index >= 15 is 0 Å². The van der Waals surface area contributed by atoms with Crippen LogP contribution < -0.4 is 5.32 Å². The number of esters is 1. The van der Waals surface area contributed by atoms with Gasteiger partial charge in [-0.2, -0.15) is 0 Å². The van der Waals surface area contributed by atoms with Crippen LogP contribution in [0.2, 0.25) is 0 Å². The predicted molar refractivity (Wildman–Crippen MR) is 180 cm³/mol. The maximum Gasteiger partial charge on any atom is 0.303 e. The summed E-state index contributed by atoms with van der Waals surface area (Å²) < 4.78 is 25.5. The lowest BCUT2D eigenvalue weighted by atomic mass is 9.41. The van der Waals surface area contributed by atoms with Crippen molar-refractivity contribution >= 4 is 5.97 Å². The molecule has 8 aliphatic rings. The zero-order valence-electron chi connectivity index (χ0n) is 30.8. The van der Waals surface area contributed by atoms with Crippen LogP contribution in [0.4, 0.5) is 0 Å². The van der Waals surface area contributed by atoms with E-state index < -0.39 is 23.8 Å². The Morgan fingerprint density at radius 1 is 1.06 bits per heavy atom. The highest BCUT2D eigenvalue weighted by atomic mass is 16.7. The topological polar surface area (TPSA) is 110 Å². The molecule has 9 nitrogen and oxygen atoms in total. The predicted octanol–water partition coefficient (Wildman–Crippen LogP) is 4.84. The monoisotopic (exact) mass is 670 g/mol. The first kappa shape index (κ1) is 34.3. The molecule has 0 amide bonds. The van der Waals surface area contributed by atoms with E-state index in [2.05, 4.69) is 44.8 Å². The SMILES string of the molecule is CC(=O)O[C@@H]([C]1C[C@@H](C)C2[C](O1)[C@H](O)[C@@]1(C)[C@@H]3CC[C@H]4C(C)(C)C(OC5CN(C6CNC6)CCO5)CC[C@@]45CC35CC[C@]21C)C(C)(C)O. The van der Waals surface area contributed by atoms with Crippen molar-refractivity contribution in [3.8, 4) is 0 Å². The minimum atomic E-state index is -1.30. The fourth-order valence-electron chi connectivity index (χ4n) is 13.8. The van der Waals surface area contributed by atoms with Crippen LogP contribution in [-0.4, -0.2) is 90.1 Å². The number of aliphatic hydroxyl groups excluding tert-OH is 1. The molecule has 8 rings (SSSR count). The van der Waals surface area contributed by atoms with Gasteiger partial charge >= 0.3 is 5.97 Å². The van der Waals surface area contributed by atoms with E-state index in [1.54, 1.807) is 13.8 Å². The molecule has 2 radical (unpaired) electrons. The Bertz CT molecular complexity index is 1280. The smallest absolute Gasteiger partial charge is 0.303 e. The summed E-state index contributed by atoms with van der Waals surface area (Å²) in [5.74, 6) is 0.901. The summed E-state index contributed by atoms with van der Waals surface area (Å²) in [6.45, 7) is 21.5. The standard InChI is InChI=1S/C39H62N2O7/c1-22-17-25(33(35(5,6)44)46-23(2)42)47-31-30(22)36(7)13-14-39-21-38(39)12-11-28(48-29-20-41(15-16-45-29)24-18-40-19-24)34(3,4)26(38)9-10-27(39)37(36,8)32(31)43/h22,24,26-30,32-33,40,43-44H,9-21H2,1-8H3/t22-,26+,27+,28?,29?,30?,32+,33+,36-,37-,38-,39?/m1/s1. The van der Waals surface area contributed by atoms with E-state index in [1.807, 2.05) is 0 Å². The van der Waals surface area contributed by atoms with Crippen molar-refractivity contribution in [2.45, 2.75) is 143 Å². The molecular formula is C39H62N2O7. The number of aliphatic hydroxyl groups is 2. The van der Waals surface area contributed by atoms with Gasteiger partial charge in [0.1, 0.15) is 12.2 Å². The summed E-state index contributed by atoms with van der Waals surface area (Å²) >= 11 is 0. The fourth-order valence-corrected chi connectivity index (χ4v) is 13.8. The zero-order valence-corrected chi connectivity index (χ0v) is 30.8. The van der Waals surface area contributed by atoms with Gasteiger partial charge in [0.15, 0.2) is 12.4 Å². The van der Waals surface area contributed by atoms with Gasteiger partial charge in [-0.25, -0.2) is 0 Å². The molecule has 5 saturated carbocycles. The Labute approximate surface area is 288 Å². The first-order chi connectivity index (χ1) is 22.5. The molecular weight excluding hydrogens is 608 g/mol. The lowest BCUT2D eigenvalue weighted by Gasteiger charge is -2.63. The van der Waals surface area contributed by atoms with Gasteiger partial charge in [-0.3, -0.25) is 9.69 Å². The Hall–Kier alpha value is -0.810. The van der Waals surface area contributed by atoms with Crippen LogP contribution in [-0.2, 0) is 23.7 Å². The van der Waals surface area contributed by atoms with Gasteiger partial charge in [0.05, 0.1) is 24.4 Å². The number of nitrogens with zero attached hydrogens (tertiary/aromatic N) is 1. The van der Waals surface area contributed by atoms with Crippen LogP contribution in [0.1, 0.15) is 107 Å². The Morgan fingerprint density at radius 3 is 2.44 bits per heavy atom. The number of hydrogen-bond acceptors (Lipinski definition) is 9. The molecule has 0 aromatic rings. The van der Waals surface area contributed by atoms with Gasteiger partial charge in [-0.05, 0) is 105 Å². The van der Waals surface area contributed by atoms with Crippen LogP contribution >= 0.6 is 0 Å². The van der Waals surface area contributed by atoms with Gasteiger partial charge in [0.2, 0.25) is 0 Å². The van der Waals surface area contributed by atoms with E-state index in [-0.39, 0.29) is 45.9 Å². The number of ether oxygens (including phenoxy) is 4. The molecule has 3 saturated heterocycles. The third kappa shape index (κ3) is 4.55. The van der Waals surface area contributed by atoms with Crippen LogP contribution in [0.5, 0.6) is 0 Å². The number of carbonyl (C=O) groups is 1. The summed E-state index contributed by atoms with van der Waals surface area (Å²) in [5.41, 5.74) is -1.10. The maximum atomic E-state index is 12.5. The quantitative estimate of drug-likeness (QED) is 0.342. The molecule has 3 heterocycles. The van der Waals surface area contributed by atoms with E-state index in [0.29, 0.717) is 35.8 Å². The molecule has 0 aromatic carbocycles. The second kappa shape index (κ2) is 11.1. The number of hydrogen-bond donors (Lipinski definition) is 3. The van der Waals surface area contributed by atoms with Crippen molar-refractivity contribution in [2.24, 2.45) is 50.7 Å². The molecule has 5 aliphatic carbocycles. The first-order valence-electron chi connectivity index (χ1n) is 19.2. The van der Waals surface area contributed by atoms with E-state index in [0.717, 1.165) is 58.2 Å². The van der Waals surface area contributed by atoms with Crippen molar-refractivity contribution < 1.29 is 34.0 Å². The van der Waals surface area contributed by atoms with E-state index in [4.69, 9.17) is 18.9 Å². The molecule has 3 N–H and O–H groups in total. The molecule has 270 valence electrons. The van der Waals surface area contributed by atoms with Crippen molar-refractivity contribution in [1.82, 2.24) is 10.2 Å². The van der Waals surface area contributed by atoms with Crippen LogP contribution in [0.25, 0.3) is 0 Å². The molecule has 0 aromatic heterocycles. The molecule has 12 atom stereocenters. The van der Waals surface area contributed by atoms with Crippen LogP contribution in [0.3, 0.4) is 0 Å². The van der Waals surface area contributed by atoms with Gasteiger partial charge in [-0.15, -0.1) is 0 Å². The Kier molecular flexibility index (Phi) is 7.93. The largest absolute Gasteiger partial charge is 0.456 e. The normalized spacial score (nSPS) is 49.8. The number of rotatable bonds is 6. The average molecular weight is 671 g/mol. The van der Waals surface area contributed by atoms with Gasteiger partial charge in [0, 0.05) is 50.5 Å². The minimum Gasteiger partial charge on any atom is -0.456 e. The second-order valence-electron chi connectivity index (χ2n) is 19.1. The van der Waals surface area contributed by atoms with Crippen LogP contribution in [0, 0.1) is 63.0 Å².